The minimum Gasteiger partial charge on any atom is -0.316 e. The summed E-state index contributed by atoms with van der Waals surface area (Å²) in [6, 6.07) is 9.88. The molecule has 3 aromatic rings. The van der Waals surface area contributed by atoms with Crippen molar-refractivity contribution in [2.45, 2.75) is 19.5 Å². The quantitative estimate of drug-likeness (QED) is 0.649. The van der Waals surface area contributed by atoms with Crippen LogP contribution in [0.1, 0.15) is 18.7 Å². The van der Waals surface area contributed by atoms with E-state index >= 15 is 0 Å². The fourth-order valence-corrected chi connectivity index (χ4v) is 3.55. The van der Waals surface area contributed by atoms with Gasteiger partial charge >= 0.3 is 6.03 Å². The van der Waals surface area contributed by atoms with E-state index in [4.69, 9.17) is 11.6 Å². The summed E-state index contributed by atoms with van der Waals surface area (Å²) in [5.41, 5.74) is 2.98. The van der Waals surface area contributed by atoms with Crippen LogP contribution in [0.4, 0.5) is 19.3 Å². The fourth-order valence-electron chi connectivity index (χ4n) is 3.37. The Morgan fingerprint density at radius 2 is 1.96 bits per heavy atom. The second-order valence-corrected chi connectivity index (χ2v) is 7.15. The number of amides is 2. The normalized spacial score (nSPS) is 16.0. The Kier molecular flexibility index (Phi) is 4.77. The summed E-state index contributed by atoms with van der Waals surface area (Å²) in [5.74, 6) is -0.851. The lowest BCUT2D eigenvalue weighted by atomic mass is 10.0. The fraction of sp³-hybridized carbons (Fsp3) is 0.200. The minimum atomic E-state index is -0.542. The van der Waals surface area contributed by atoms with Crippen molar-refractivity contribution in [2.75, 3.05) is 11.9 Å². The molecule has 0 bridgehead atoms. The van der Waals surface area contributed by atoms with Gasteiger partial charge in [-0.25, -0.2) is 13.6 Å². The predicted octanol–water partition coefficient (Wildman–Crippen LogP) is 5.09. The monoisotopic (exact) mass is 402 g/mol. The van der Waals surface area contributed by atoms with Gasteiger partial charge in [0.2, 0.25) is 0 Å². The van der Waals surface area contributed by atoms with Crippen molar-refractivity contribution in [3.63, 3.8) is 0 Å². The summed E-state index contributed by atoms with van der Waals surface area (Å²) in [5, 5.41) is 7.13. The number of nitrogens with one attached hydrogen (secondary N) is 1. The standard InChI is InChI=1S/C20H17ClF2N4O/c1-12-10-26(20(28)25-15-6-7-18(23)17(21)8-15)11-19-16(9-24-27(12)19)13-2-4-14(22)5-3-13/h2-9,12H,10-11H2,1H3,(H,25,28). The lowest BCUT2D eigenvalue weighted by Gasteiger charge is -2.32. The van der Waals surface area contributed by atoms with Gasteiger partial charge in [0.05, 0.1) is 29.5 Å². The topological polar surface area (TPSA) is 50.2 Å². The van der Waals surface area contributed by atoms with Crippen LogP contribution in [0.15, 0.2) is 48.7 Å². The number of fused-ring (bicyclic) bond motifs is 1. The first-order valence-electron chi connectivity index (χ1n) is 8.75. The number of hydrogen-bond donors (Lipinski definition) is 1. The number of carbonyl (C=O) groups is 1. The van der Waals surface area contributed by atoms with E-state index in [1.165, 1.54) is 30.3 Å². The number of carbonyl (C=O) groups excluding carboxylic acids is 1. The zero-order valence-electron chi connectivity index (χ0n) is 15.0. The second kappa shape index (κ2) is 7.24. The van der Waals surface area contributed by atoms with Crippen molar-refractivity contribution in [3.8, 4) is 11.1 Å². The third kappa shape index (κ3) is 3.45. The smallest absolute Gasteiger partial charge is 0.316 e. The zero-order valence-corrected chi connectivity index (χ0v) is 15.8. The number of benzene rings is 2. The van der Waals surface area contributed by atoms with Crippen LogP contribution in [-0.2, 0) is 6.54 Å². The van der Waals surface area contributed by atoms with Crippen molar-refractivity contribution >= 4 is 23.3 Å². The molecule has 0 saturated heterocycles. The van der Waals surface area contributed by atoms with Gasteiger partial charge in [0.15, 0.2) is 0 Å². The van der Waals surface area contributed by atoms with Crippen LogP contribution >= 0.6 is 11.6 Å². The maximum absolute atomic E-state index is 13.3. The summed E-state index contributed by atoms with van der Waals surface area (Å²) in [6.07, 6.45) is 1.74. The molecule has 1 N–H and O–H groups in total. The minimum absolute atomic E-state index is 0.0273. The van der Waals surface area contributed by atoms with Crippen LogP contribution in [0.25, 0.3) is 11.1 Å². The van der Waals surface area contributed by atoms with Gasteiger partial charge in [0.1, 0.15) is 11.6 Å². The SMILES string of the molecule is CC1CN(C(=O)Nc2ccc(F)c(Cl)c2)Cc2c(-c3ccc(F)cc3)cnn21. The Morgan fingerprint density at radius 3 is 2.68 bits per heavy atom. The summed E-state index contributed by atoms with van der Waals surface area (Å²) in [6.45, 7) is 2.79. The first-order chi connectivity index (χ1) is 13.4. The highest BCUT2D eigenvalue weighted by Gasteiger charge is 2.28. The molecule has 1 atom stereocenters. The van der Waals surface area contributed by atoms with Crippen LogP contribution in [0, 0.1) is 11.6 Å². The summed E-state index contributed by atoms with van der Waals surface area (Å²) in [7, 11) is 0. The van der Waals surface area contributed by atoms with Crippen LogP contribution in [0.2, 0.25) is 5.02 Å². The van der Waals surface area contributed by atoms with Crippen molar-refractivity contribution < 1.29 is 13.6 Å². The van der Waals surface area contributed by atoms with Crippen molar-refractivity contribution in [1.82, 2.24) is 14.7 Å². The molecule has 2 amide bonds. The molecule has 8 heteroatoms. The molecule has 0 saturated carbocycles. The van der Waals surface area contributed by atoms with Crippen LogP contribution in [0.3, 0.4) is 0 Å². The Balaban J connectivity index is 1.58. The van der Waals surface area contributed by atoms with Gasteiger partial charge < -0.3 is 10.2 Å². The highest BCUT2D eigenvalue weighted by Crippen LogP contribution is 2.31. The second-order valence-electron chi connectivity index (χ2n) is 6.74. The summed E-state index contributed by atoms with van der Waals surface area (Å²) >= 11 is 5.78. The highest BCUT2D eigenvalue weighted by molar-refractivity contribution is 6.31. The average molecular weight is 403 g/mol. The third-order valence-electron chi connectivity index (χ3n) is 4.75. The predicted molar refractivity (Wildman–Crippen MR) is 103 cm³/mol. The number of hydrogen-bond acceptors (Lipinski definition) is 2. The van der Waals surface area contributed by atoms with Gasteiger partial charge in [-0.1, -0.05) is 23.7 Å². The largest absolute Gasteiger partial charge is 0.322 e. The molecular formula is C20H17ClF2N4O. The molecule has 1 aromatic heterocycles. The molecule has 0 aliphatic carbocycles. The lowest BCUT2D eigenvalue weighted by molar-refractivity contribution is 0.181. The van der Waals surface area contributed by atoms with Crippen LogP contribution in [-0.4, -0.2) is 27.3 Å². The zero-order chi connectivity index (χ0) is 19.8. The molecule has 0 spiro atoms. The molecule has 28 heavy (non-hydrogen) atoms. The van der Waals surface area contributed by atoms with E-state index < -0.39 is 5.82 Å². The average Bonchev–Trinajstić information content (AvgIpc) is 3.10. The summed E-state index contributed by atoms with van der Waals surface area (Å²) < 4.78 is 28.4. The van der Waals surface area contributed by atoms with E-state index in [9.17, 15) is 13.6 Å². The first-order valence-corrected chi connectivity index (χ1v) is 9.13. The van der Waals surface area contributed by atoms with E-state index in [0.717, 1.165) is 16.8 Å². The first kappa shape index (κ1) is 18.4. The lowest BCUT2D eigenvalue weighted by Crippen LogP contribution is -2.42. The molecule has 0 fully saturated rings. The van der Waals surface area contributed by atoms with E-state index in [1.54, 1.807) is 23.2 Å². The number of halogens is 3. The van der Waals surface area contributed by atoms with E-state index in [1.807, 2.05) is 11.6 Å². The van der Waals surface area contributed by atoms with Crippen LogP contribution in [0.5, 0.6) is 0 Å². The Hall–Kier alpha value is -2.93. The van der Waals surface area contributed by atoms with Crippen molar-refractivity contribution in [3.05, 3.63) is 71.0 Å². The van der Waals surface area contributed by atoms with Gasteiger partial charge in [-0.2, -0.15) is 5.10 Å². The molecule has 4 rings (SSSR count). The molecule has 1 aliphatic heterocycles. The van der Waals surface area contributed by atoms with Gasteiger partial charge in [-0.05, 0) is 42.8 Å². The maximum Gasteiger partial charge on any atom is 0.322 e. The Labute approximate surface area is 165 Å². The number of rotatable bonds is 2. The summed E-state index contributed by atoms with van der Waals surface area (Å²) in [4.78, 5) is 14.4. The Bertz CT molecular complexity index is 1040. The molecular weight excluding hydrogens is 386 g/mol. The number of urea groups is 1. The van der Waals surface area contributed by atoms with Gasteiger partial charge in [0, 0.05) is 17.8 Å². The van der Waals surface area contributed by atoms with Crippen LogP contribution < -0.4 is 5.32 Å². The van der Waals surface area contributed by atoms with Crippen molar-refractivity contribution in [1.29, 1.82) is 0 Å². The third-order valence-corrected chi connectivity index (χ3v) is 5.04. The number of aromatic nitrogens is 2. The van der Waals surface area contributed by atoms with Gasteiger partial charge in [-0.15, -0.1) is 0 Å². The molecule has 2 heterocycles. The van der Waals surface area contributed by atoms with E-state index in [0.29, 0.717) is 18.8 Å². The maximum atomic E-state index is 13.3. The molecule has 5 nitrogen and oxygen atoms in total. The number of nitrogens with zero attached hydrogens (tertiary/aromatic N) is 3. The molecule has 2 aromatic carbocycles. The highest BCUT2D eigenvalue weighted by atomic mass is 35.5. The Morgan fingerprint density at radius 1 is 1.21 bits per heavy atom. The van der Waals surface area contributed by atoms with E-state index in [-0.39, 0.29) is 22.9 Å². The molecule has 144 valence electrons. The van der Waals surface area contributed by atoms with Crippen molar-refractivity contribution in [2.24, 2.45) is 0 Å². The van der Waals surface area contributed by atoms with E-state index in [2.05, 4.69) is 10.4 Å². The van der Waals surface area contributed by atoms with Gasteiger partial charge in [-0.3, -0.25) is 4.68 Å². The van der Waals surface area contributed by atoms with Gasteiger partial charge in [0.25, 0.3) is 0 Å². The molecule has 0 radical (unpaired) electrons. The number of anilines is 1. The molecule has 1 unspecified atom stereocenters. The molecule has 1 aliphatic rings.